The van der Waals surface area contributed by atoms with E-state index in [1.807, 2.05) is 13.8 Å². The average molecular weight is 349 g/mol. The van der Waals surface area contributed by atoms with Crippen LogP contribution in [0.15, 0.2) is 18.2 Å². The number of ether oxygens (including phenoxy) is 1. The molecule has 1 aromatic rings. The lowest BCUT2D eigenvalue weighted by Gasteiger charge is -2.34. The van der Waals surface area contributed by atoms with Gasteiger partial charge in [0.15, 0.2) is 11.6 Å². The highest BCUT2D eigenvalue weighted by molar-refractivity contribution is 5.85. The zero-order valence-electron chi connectivity index (χ0n) is 13.3. The van der Waals surface area contributed by atoms with Crippen LogP contribution >= 0.6 is 12.4 Å². The Balaban J connectivity index is 0.00000264. The number of nitrogens with zero attached hydrogens (tertiary/aromatic N) is 1. The quantitative estimate of drug-likeness (QED) is 0.910. The van der Waals surface area contributed by atoms with Gasteiger partial charge in [0.1, 0.15) is 11.9 Å². The molecule has 7 heteroatoms. The predicted molar refractivity (Wildman–Crippen MR) is 86.6 cm³/mol. The van der Waals surface area contributed by atoms with Crippen molar-refractivity contribution in [2.24, 2.45) is 11.7 Å². The van der Waals surface area contributed by atoms with Gasteiger partial charge in [-0.2, -0.15) is 0 Å². The van der Waals surface area contributed by atoms with Crippen molar-refractivity contribution < 1.29 is 18.3 Å². The molecule has 23 heavy (non-hydrogen) atoms. The van der Waals surface area contributed by atoms with Gasteiger partial charge in [-0.05, 0) is 18.1 Å². The summed E-state index contributed by atoms with van der Waals surface area (Å²) in [7, 11) is 0. The Hall–Kier alpha value is -1.40. The van der Waals surface area contributed by atoms with Crippen molar-refractivity contribution in [2.75, 3.05) is 13.1 Å². The second-order valence-electron chi connectivity index (χ2n) is 5.99. The van der Waals surface area contributed by atoms with Crippen molar-refractivity contribution in [3.8, 4) is 5.75 Å². The molecule has 1 aromatic carbocycles. The van der Waals surface area contributed by atoms with Crippen LogP contribution in [-0.4, -0.2) is 36.0 Å². The van der Waals surface area contributed by atoms with E-state index in [-0.39, 0.29) is 30.3 Å². The van der Waals surface area contributed by atoms with Crippen LogP contribution in [0.25, 0.3) is 0 Å². The first kappa shape index (κ1) is 19.6. The summed E-state index contributed by atoms with van der Waals surface area (Å²) in [5, 5.41) is 0. The molecular formula is C16H23ClF2N2O2. The van der Waals surface area contributed by atoms with Crippen molar-refractivity contribution in [1.29, 1.82) is 0 Å². The van der Waals surface area contributed by atoms with Gasteiger partial charge in [0.2, 0.25) is 5.91 Å². The largest absolute Gasteiger partial charge is 0.490 e. The van der Waals surface area contributed by atoms with Gasteiger partial charge in [0.05, 0.1) is 6.04 Å². The molecule has 0 saturated carbocycles. The van der Waals surface area contributed by atoms with Gasteiger partial charge < -0.3 is 15.4 Å². The van der Waals surface area contributed by atoms with Gasteiger partial charge in [0, 0.05) is 32.0 Å². The number of benzene rings is 1. The van der Waals surface area contributed by atoms with Gasteiger partial charge in [0.25, 0.3) is 0 Å². The highest BCUT2D eigenvalue weighted by Crippen LogP contribution is 2.21. The van der Waals surface area contributed by atoms with Gasteiger partial charge in [-0.15, -0.1) is 12.4 Å². The number of nitrogens with two attached hydrogens (primary N) is 1. The summed E-state index contributed by atoms with van der Waals surface area (Å²) in [6, 6.07) is 3.01. The van der Waals surface area contributed by atoms with E-state index in [1.165, 1.54) is 6.07 Å². The first-order chi connectivity index (χ1) is 10.4. The molecule has 0 aromatic heterocycles. The van der Waals surface area contributed by atoms with E-state index in [4.69, 9.17) is 10.5 Å². The van der Waals surface area contributed by atoms with Crippen molar-refractivity contribution >= 4 is 18.3 Å². The molecule has 2 N–H and O–H groups in total. The van der Waals surface area contributed by atoms with E-state index in [0.29, 0.717) is 31.7 Å². The Morgan fingerprint density at radius 3 is 2.39 bits per heavy atom. The predicted octanol–water partition coefficient (Wildman–Crippen LogP) is 2.74. The standard InChI is InChI=1S/C16H22F2N2O2.ClH/c1-10(2)15(19)16(21)20-7-5-11(6-8-20)22-12-3-4-13(17)14(18)9-12;/h3-4,9-11,15H,5-8,19H2,1-2H3;1H/t15-;/m0./s1. The maximum atomic E-state index is 13.1. The van der Waals surface area contributed by atoms with Crippen LogP contribution in [-0.2, 0) is 4.79 Å². The van der Waals surface area contributed by atoms with E-state index in [2.05, 4.69) is 0 Å². The van der Waals surface area contributed by atoms with E-state index < -0.39 is 17.7 Å². The smallest absolute Gasteiger partial charge is 0.239 e. The fraction of sp³-hybridized carbons (Fsp3) is 0.562. The van der Waals surface area contributed by atoms with Gasteiger partial charge >= 0.3 is 0 Å². The molecular weight excluding hydrogens is 326 g/mol. The maximum Gasteiger partial charge on any atom is 0.239 e. The summed E-state index contributed by atoms with van der Waals surface area (Å²) in [6.45, 7) is 4.96. The van der Waals surface area contributed by atoms with Gasteiger partial charge in [-0.25, -0.2) is 8.78 Å². The van der Waals surface area contributed by atoms with Crippen molar-refractivity contribution in [3.63, 3.8) is 0 Å². The number of carbonyl (C=O) groups is 1. The highest BCUT2D eigenvalue weighted by atomic mass is 35.5. The molecule has 4 nitrogen and oxygen atoms in total. The average Bonchev–Trinajstić information content (AvgIpc) is 2.50. The maximum absolute atomic E-state index is 13.1. The number of halogens is 3. The minimum Gasteiger partial charge on any atom is -0.490 e. The molecule has 1 atom stereocenters. The number of rotatable bonds is 4. The van der Waals surface area contributed by atoms with Crippen LogP contribution < -0.4 is 10.5 Å². The normalized spacial score (nSPS) is 16.9. The lowest BCUT2D eigenvalue weighted by molar-refractivity contribution is -0.135. The summed E-state index contributed by atoms with van der Waals surface area (Å²) in [5.41, 5.74) is 5.88. The molecule has 0 aliphatic carbocycles. The number of piperidine rings is 1. The van der Waals surface area contributed by atoms with Crippen LogP contribution in [0.5, 0.6) is 5.75 Å². The summed E-state index contributed by atoms with van der Waals surface area (Å²) in [4.78, 5) is 13.9. The minimum atomic E-state index is -0.923. The molecule has 0 bridgehead atoms. The van der Waals surface area contributed by atoms with Crippen LogP contribution in [0.2, 0.25) is 0 Å². The zero-order chi connectivity index (χ0) is 16.3. The highest BCUT2D eigenvalue weighted by Gasteiger charge is 2.28. The third kappa shape index (κ3) is 5.04. The lowest BCUT2D eigenvalue weighted by atomic mass is 10.0. The van der Waals surface area contributed by atoms with Crippen LogP contribution in [0, 0.1) is 17.6 Å². The minimum absolute atomic E-state index is 0. The first-order valence-corrected chi connectivity index (χ1v) is 7.54. The van der Waals surface area contributed by atoms with Crippen LogP contribution in [0.3, 0.4) is 0 Å². The lowest BCUT2D eigenvalue weighted by Crippen LogP contribution is -2.50. The van der Waals surface area contributed by atoms with Crippen molar-refractivity contribution in [3.05, 3.63) is 29.8 Å². The van der Waals surface area contributed by atoms with Crippen molar-refractivity contribution in [2.45, 2.75) is 38.8 Å². The second-order valence-corrected chi connectivity index (χ2v) is 5.99. The Bertz CT molecular complexity index is 535. The van der Waals surface area contributed by atoms with Crippen molar-refractivity contribution in [1.82, 2.24) is 4.90 Å². The van der Waals surface area contributed by atoms with Crippen LogP contribution in [0.4, 0.5) is 8.78 Å². The number of likely N-dealkylation sites (tertiary alicyclic amines) is 1. The topological polar surface area (TPSA) is 55.6 Å². The van der Waals surface area contributed by atoms with E-state index in [9.17, 15) is 13.6 Å². The Kier molecular flexibility index (Phi) is 7.22. The summed E-state index contributed by atoms with van der Waals surface area (Å²) < 4.78 is 31.7. The summed E-state index contributed by atoms with van der Waals surface area (Å²) >= 11 is 0. The third-order valence-electron chi connectivity index (χ3n) is 3.95. The van der Waals surface area contributed by atoms with Gasteiger partial charge in [-0.3, -0.25) is 4.79 Å². The number of hydrogen-bond acceptors (Lipinski definition) is 3. The molecule has 130 valence electrons. The monoisotopic (exact) mass is 348 g/mol. The molecule has 0 spiro atoms. The molecule has 1 fully saturated rings. The van der Waals surface area contributed by atoms with Crippen LogP contribution in [0.1, 0.15) is 26.7 Å². The van der Waals surface area contributed by atoms with Gasteiger partial charge in [-0.1, -0.05) is 13.8 Å². The number of carbonyl (C=O) groups excluding carboxylic acids is 1. The number of hydrogen-bond donors (Lipinski definition) is 1. The second kappa shape index (κ2) is 8.45. The summed E-state index contributed by atoms with van der Waals surface area (Å²) in [6.07, 6.45) is 1.19. The van der Waals surface area contributed by atoms with E-state index in [1.54, 1.807) is 4.90 Å². The fourth-order valence-electron chi connectivity index (χ4n) is 2.43. The molecule has 0 unspecified atom stereocenters. The fourth-order valence-corrected chi connectivity index (χ4v) is 2.43. The Labute approximate surface area is 141 Å². The molecule has 1 aliphatic rings. The Morgan fingerprint density at radius 2 is 1.87 bits per heavy atom. The zero-order valence-corrected chi connectivity index (χ0v) is 14.1. The molecule has 2 rings (SSSR count). The first-order valence-electron chi connectivity index (χ1n) is 7.54. The third-order valence-corrected chi connectivity index (χ3v) is 3.95. The number of amides is 1. The van der Waals surface area contributed by atoms with E-state index in [0.717, 1.165) is 12.1 Å². The SMILES string of the molecule is CC(C)[C@H](N)C(=O)N1CCC(Oc2ccc(F)c(F)c2)CC1.Cl. The summed E-state index contributed by atoms with van der Waals surface area (Å²) in [5.74, 6) is -1.45. The van der Waals surface area contributed by atoms with E-state index >= 15 is 0 Å². The molecule has 1 amide bonds. The molecule has 0 radical (unpaired) electrons. The molecule has 1 heterocycles. The molecule has 1 aliphatic heterocycles. The molecule has 1 saturated heterocycles. The Morgan fingerprint density at radius 1 is 1.26 bits per heavy atom.